The summed E-state index contributed by atoms with van der Waals surface area (Å²) in [5, 5.41) is 0. The number of aryl methyl sites for hydroxylation is 1. The second-order valence-electron chi connectivity index (χ2n) is 6.82. The zero-order chi connectivity index (χ0) is 17.5. The maximum absolute atomic E-state index is 11.7. The molecule has 0 unspecified atom stereocenters. The molecule has 1 aromatic rings. The molecular weight excluding hydrogens is 300 g/mol. The van der Waals surface area contributed by atoms with Gasteiger partial charge in [0.1, 0.15) is 25.5 Å². The summed E-state index contributed by atoms with van der Waals surface area (Å²) in [5.74, 6) is -0.0533. The van der Waals surface area contributed by atoms with E-state index in [2.05, 4.69) is 6.92 Å². The van der Waals surface area contributed by atoms with Crippen molar-refractivity contribution in [1.29, 1.82) is 0 Å². The molecular formula is C20H37N2O2+. The summed E-state index contributed by atoms with van der Waals surface area (Å²) in [4.78, 5) is 11.7. The van der Waals surface area contributed by atoms with Crippen molar-refractivity contribution in [2.75, 3.05) is 6.61 Å². The molecule has 0 aliphatic carbocycles. The van der Waals surface area contributed by atoms with E-state index in [1.54, 1.807) is 0 Å². The van der Waals surface area contributed by atoms with Gasteiger partial charge in [-0.3, -0.25) is 4.79 Å². The average molecular weight is 338 g/mol. The van der Waals surface area contributed by atoms with Crippen LogP contribution in [0.5, 0.6) is 0 Å². The molecule has 0 spiro atoms. The highest BCUT2D eigenvalue weighted by Gasteiger charge is 2.05. The first-order valence-electron chi connectivity index (χ1n) is 9.89. The van der Waals surface area contributed by atoms with Crippen LogP contribution in [0.25, 0.3) is 0 Å². The van der Waals surface area contributed by atoms with Crippen LogP contribution in [0.2, 0.25) is 0 Å². The zero-order valence-electron chi connectivity index (χ0n) is 15.8. The first-order chi connectivity index (χ1) is 11.7. The van der Waals surface area contributed by atoms with Gasteiger partial charge in [-0.2, -0.15) is 0 Å². The van der Waals surface area contributed by atoms with Crippen molar-refractivity contribution in [3.63, 3.8) is 0 Å². The third kappa shape index (κ3) is 11.3. The lowest BCUT2D eigenvalue weighted by Gasteiger charge is -2.04. The smallest absolute Gasteiger partial charge is 0.305 e. The zero-order valence-corrected chi connectivity index (χ0v) is 15.8. The second-order valence-corrected chi connectivity index (χ2v) is 6.82. The Balaban J connectivity index is 1.82. The van der Waals surface area contributed by atoms with Gasteiger partial charge in [0.05, 0.1) is 7.05 Å². The molecule has 0 aliphatic heterocycles. The van der Waals surface area contributed by atoms with Crippen LogP contribution in [0.4, 0.5) is 0 Å². The van der Waals surface area contributed by atoms with Crippen LogP contribution in [0.1, 0.15) is 84.0 Å². The highest BCUT2D eigenvalue weighted by Crippen LogP contribution is 2.12. The van der Waals surface area contributed by atoms with Crippen LogP contribution in [-0.4, -0.2) is 17.1 Å². The number of carbonyl (C=O) groups excluding carboxylic acids is 1. The van der Waals surface area contributed by atoms with E-state index in [4.69, 9.17) is 4.74 Å². The van der Waals surface area contributed by atoms with Gasteiger partial charge in [0.15, 0.2) is 0 Å². The normalized spacial score (nSPS) is 10.9. The van der Waals surface area contributed by atoms with Crippen LogP contribution in [0.15, 0.2) is 18.7 Å². The van der Waals surface area contributed by atoms with Crippen LogP contribution < -0.4 is 4.57 Å². The Bertz CT molecular complexity index is 429. The lowest BCUT2D eigenvalue weighted by Crippen LogP contribution is -2.24. The van der Waals surface area contributed by atoms with Gasteiger partial charge in [-0.15, -0.1) is 0 Å². The van der Waals surface area contributed by atoms with E-state index in [1.807, 2.05) is 34.9 Å². The molecule has 0 N–H and O–H groups in total. The molecule has 4 nitrogen and oxygen atoms in total. The number of ether oxygens (including phenoxy) is 1. The van der Waals surface area contributed by atoms with Crippen molar-refractivity contribution in [3.8, 4) is 0 Å². The van der Waals surface area contributed by atoms with Crippen molar-refractivity contribution >= 4 is 5.97 Å². The SMILES string of the molecule is CCCCCCCCCCCCCC(=O)OCCn1cc[n+](C)c1. The minimum Gasteiger partial charge on any atom is -0.461 e. The van der Waals surface area contributed by atoms with E-state index in [-0.39, 0.29) is 5.97 Å². The summed E-state index contributed by atoms with van der Waals surface area (Å²) in [5.41, 5.74) is 0. The summed E-state index contributed by atoms with van der Waals surface area (Å²) >= 11 is 0. The molecule has 1 heterocycles. The van der Waals surface area contributed by atoms with E-state index in [0.29, 0.717) is 13.0 Å². The van der Waals surface area contributed by atoms with Gasteiger partial charge in [-0.05, 0) is 6.42 Å². The summed E-state index contributed by atoms with van der Waals surface area (Å²) in [7, 11) is 1.98. The fourth-order valence-corrected chi connectivity index (χ4v) is 2.90. The number of carbonyl (C=O) groups is 1. The first-order valence-corrected chi connectivity index (χ1v) is 9.89. The molecule has 0 fully saturated rings. The Hall–Kier alpha value is -1.32. The second kappa shape index (κ2) is 14.1. The highest BCUT2D eigenvalue weighted by atomic mass is 16.5. The van der Waals surface area contributed by atoms with Gasteiger partial charge in [0, 0.05) is 6.42 Å². The van der Waals surface area contributed by atoms with Gasteiger partial charge in [-0.25, -0.2) is 9.13 Å². The molecule has 0 atom stereocenters. The number of aromatic nitrogens is 2. The molecule has 0 saturated carbocycles. The van der Waals surface area contributed by atoms with E-state index in [1.165, 1.54) is 57.8 Å². The fraction of sp³-hybridized carbons (Fsp3) is 0.800. The number of imidazole rings is 1. The largest absolute Gasteiger partial charge is 0.461 e. The number of hydrogen-bond donors (Lipinski definition) is 0. The number of rotatable bonds is 15. The number of esters is 1. The van der Waals surface area contributed by atoms with Gasteiger partial charge in [0.25, 0.3) is 0 Å². The summed E-state index contributed by atoms with van der Waals surface area (Å²) in [6, 6.07) is 0. The molecule has 4 heteroatoms. The van der Waals surface area contributed by atoms with Crippen LogP contribution in [0, 0.1) is 0 Å². The number of unbranched alkanes of at least 4 members (excludes halogenated alkanes) is 10. The molecule has 0 aromatic carbocycles. The molecule has 24 heavy (non-hydrogen) atoms. The number of nitrogens with zero attached hydrogens (tertiary/aromatic N) is 2. The summed E-state index contributed by atoms with van der Waals surface area (Å²) < 4.78 is 9.28. The predicted molar refractivity (Wildman–Crippen MR) is 97.6 cm³/mol. The van der Waals surface area contributed by atoms with E-state index in [9.17, 15) is 4.79 Å². The maximum atomic E-state index is 11.7. The minimum absolute atomic E-state index is 0.0533. The minimum atomic E-state index is -0.0533. The number of hydrogen-bond acceptors (Lipinski definition) is 2. The molecule has 0 aliphatic rings. The molecule has 0 amide bonds. The van der Waals surface area contributed by atoms with E-state index in [0.717, 1.165) is 19.4 Å². The Morgan fingerprint density at radius 1 is 0.958 bits per heavy atom. The van der Waals surface area contributed by atoms with Gasteiger partial charge in [-0.1, -0.05) is 71.1 Å². The highest BCUT2D eigenvalue weighted by molar-refractivity contribution is 5.69. The van der Waals surface area contributed by atoms with Crippen LogP contribution in [-0.2, 0) is 23.1 Å². The van der Waals surface area contributed by atoms with Crippen molar-refractivity contribution in [2.24, 2.45) is 7.05 Å². The van der Waals surface area contributed by atoms with E-state index < -0.39 is 0 Å². The molecule has 0 saturated heterocycles. The van der Waals surface area contributed by atoms with Crippen molar-refractivity contribution in [1.82, 2.24) is 4.57 Å². The Morgan fingerprint density at radius 3 is 2.08 bits per heavy atom. The van der Waals surface area contributed by atoms with Crippen LogP contribution >= 0.6 is 0 Å². The third-order valence-electron chi connectivity index (χ3n) is 4.42. The monoisotopic (exact) mass is 337 g/mol. The molecule has 0 bridgehead atoms. The first kappa shape index (κ1) is 20.7. The Morgan fingerprint density at radius 2 is 1.54 bits per heavy atom. The van der Waals surface area contributed by atoms with Crippen molar-refractivity contribution in [2.45, 2.75) is 90.5 Å². The average Bonchev–Trinajstić information content (AvgIpc) is 2.98. The lowest BCUT2D eigenvalue weighted by atomic mass is 10.1. The molecule has 0 radical (unpaired) electrons. The van der Waals surface area contributed by atoms with Gasteiger partial charge in [0.2, 0.25) is 6.33 Å². The Kier molecular flexibility index (Phi) is 12.1. The summed E-state index contributed by atoms with van der Waals surface area (Å²) in [6.45, 7) is 3.45. The van der Waals surface area contributed by atoms with Crippen LogP contribution in [0.3, 0.4) is 0 Å². The van der Waals surface area contributed by atoms with Crippen molar-refractivity contribution in [3.05, 3.63) is 18.7 Å². The molecule has 1 aromatic heterocycles. The molecule has 1 rings (SSSR count). The third-order valence-corrected chi connectivity index (χ3v) is 4.42. The Labute approximate surface area is 148 Å². The topological polar surface area (TPSA) is 35.1 Å². The van der Waals surface area contributed by atoms with Crippen molar-refractivity contribution < 1.29 is 14.1 Å². The fourth-order valence-electron chi connectivity index (χ4n) is 2.90. The van der Waals surface area contributed by atoms with E-state index >= 15 is 0 Å². The standard InChI is InChI=1S/C20H37N2O2/c1-3-4-5-6-7-8-9-10-11-12-13-14-20(23)24-18-17-22-16-15-21(2)19-22/h15-16,19H,3-14,17-18H2,1-2H3/q+1. The lowest BCUT2D eigenvalue weighted by molar-refractivity contribution is -0.671. The summed E-state index contributed by atoms with van der Waals surface area (Å²) in [6.07, 6.45) is 20.8. The molecule has 138 valence electrons. The quantitative estimate of drug-likeness (QED) is 0.267. The van der Waals surface area contributed by atoms with Gasteiger partial charge < -0.3 is 4.74 Å². The maximum Gasteiger partial charge on any atom is 0.305 e. The van der Waals surface area contributed by atoms with Gasteiger partial charge >= 0.3 is 5.97 Å². The predicted octanol–water partition coefficient (Wildman–Crippen LogP) is 4.56.